The summed E-state index contributed by atoms with van der Waals surface area (Å²) in [5.41, 5.74) is 1.82. The Hall–Kier alpha value is -2.53. The number of halogens is 1. The fraction of sp³-hybridized carbons (Fsp3) is 0.300. The highest BCUT2D eigenvalue weighted by Crippen LogP contribution is 2.22. The van der Waals surface area contributed by atoms with Crippen LogP contribution >= 0.6 is 11.6 Å². The Labute approximate surface area is 157 Å². The molecule has 0 aliphatic carbocycles. The summed E-state index contributed by atoms with van der Waals surface area (Å²) in [5, 5.41) is 3.56. The molecule has 3 rings (SSSR count). The van der Waals surface area contributed by atoms with Crippen molar-refractivity contribution in [3.63, 3.8) is 0 Å². The molecular weight excluding hydrogens is 352 g/mol. The fourth-order valence-corrected chi connectivity index (χ4v) is 3.12. The van der Waals surface area contributed by atoms with E-state index in [-0.39, 0.29) is 24.2 Å². The molecule has 6 heteroatoms. The number of amides is 2. The van der Waals surface area contributed by atoms with Crippen LogP contribution in [-0.2, 0) is 16.0 Å². The van der Waals surface area contributed by atoms with E-state index < -0.39 is 0 Å². The quantitative estimate of drug-likeness (QED) is 0.845. The molecule has 1 aliphatic heterocycles. The Balaban J connectivity index is 1.52. The van der Waals surface area contributed by atoms with Crippen molar-refractivity contribution in [2.45, 2.75) is 12.8 Å². The van der Waals surface area contributed by atoms with Crippen LogP contribution in [0, 0.1) is 5.92 Å². The summed E-state index contributed by atoms with van der Waals surface area (Å²) >= 11 is 5.88. The van der Waals surface area contributed by atoms with Gasteiger partial charge in [-0.25, -0.2) is 0 Å². The van der Waals surface area contributed by atoms with Crippen LogP contribution in [0.25, 0.3) is 0 Å². The zero-order valence-corrected chi connectivity index (χ0v) is 15.3. The second-order valence-electron chi connectivity index (χ2n) is 6.34. The number of hydrogen-bond acceptors (Lipinski definition) is 3. The van der Waals surface area contributed by atoms with E-state index in [0.29, 0.717) is 23.8 Å². The van der Waals surface area contributed by atoms with Crippen molar-refractivity contribution in [2.75, 3.05) is 25.5 Å². The summed E-state index contributed by atoms with van der Waals surface area (Å²) in [5.74, 6) is 0.300. The summed E-state index contributed by atoms with van der Waals surface area (Å²) in [6, 6.07) is 14.7. The Kier molecular flexibility index (Phi) is 5.78. The first kappa shape index (κ1) is 18.3. The molecule has 0 radical (unpaired) electrons. The highest BCUT2D eigenvalue weighted by atomic mass is 35.5. The van der Waals surface area contributed by atoms with Gasteiger partial charge in [0, 0.05) is 30.2 Å². The van der Waals surface area contributed by atoms with Crippen LogP contribution in [0.3, 0.4) is 0 Å². The number of ether oxygens (including phenoxy) is 1. The normalized spacial score (nSPS) is 16.6. The molecule has 0 aromatic heterocycles. The monoisotopic (exact) mass is 372 g/mol. The number of benzene rings is 2. The van der Waals surface area contributed by atoms with Gasteiger partial charge in [-0.15, -0.1) is 0 Å². The Morgan fingerprint density at radius 1 is 1.19 bits per heavy atom. The maximum Gasteiger partial charge on any atom is 0.229 e. The molecule has 2 amide bonds. The molecule has 2 aromatic carbocycles. The summed E-state index contributed by atoms with van der Waals surface area (Å²) in [6.45, 7) is 1.06. The number of nitrogens with one attached hydrogen (secondary N) is 1. The molecule has 1 heterocycles. The predicted octanol–water partition coefficient (Wildman–Crippen LogP) is 3.38. The minimum absolute atomic E-state index is 0.0221. The zero-order valence-electron chi connectivity index (χ0n) is 14.6. The number of rotatable bonds is 6. The lowest BCUT2D eigenvalue weighted by atomic mass is 10.1. The molecule has 1 atom stereocenters. The summed E-state index contributed by atoms with van der Waals surface area (Å²) in [7, 11) is 1.59. The van der Waals surface area contributed by atoms with E-state index >= 15 is 0 Å². The van der Waals surface area contributed by atoms with Crippen LogP contribution < -0.4 is 10.1 Å². The van der Waals surface area contributed by atoms with Gasteiger partial charge in [-0.3, -0.25) is 9.59 Å². The standard InChI is InChI=1S/C20H21ClN2O3/c1-26-18-8-6-17(7-9-18)22-20(25)15-12-19(24)23(13-15)11-10-14-2-4-16(21)5-3-14/h2-9,15H,10-13H2,1H3,(H,22,25)/t15-/m1/s1. The van der Waals surface area contributed by atoms with Crippen LogP contribution in [0.15, 0.2) is 48.5 Å². The molecule has 0 unspecified atom stereocenters. The maximum atomic E-state index is 12.4. The van der Waals surface area contributed by atoms with Crippen molar-refractivity contribution in [2.24, 2.45) is 5.92 Å². The van der Waals surface area contributed by atoms with Gasteiger partial charge in [-0.2, -0.15) is 0 Å². The minimum atomic E-state index is -0.324. The number of nitrogens with zero attached hydrogens (tertiary/aromatic N) is 1. The van der Waals surface area contributed by atoms with Crippen molar-refractivity contribution >= 4 is 29.1 Å². The second-order valence-corrected chi connectivity index (χ2v) is 6.77. The van der Waals surface area contributed by atoms with Crippen molar-refractivity contribution in [1.29, 1.82) is 0 Å². The van der Waals surface area contributed by atoms with E-state index in [1.165, 1.54) is 0 Å². The Morgan fingerprint density at radius 3 is 2.54 bits per heavy atom. The largest absolute Gasteiger partial charge is 0.497 e. The third-order valence-corrected chi connectivity index (χ3v) is 4.78. The van der Waals surface area contributed by atoms with Gasteiger partial charge in [0.1, 0.15) is 5.75 Å². The van der Waals surface area contributed by atoms with Crippen LogP contribution in [-0.4, -0.2) is 36.9 Å². The van der Waals surface area contributed by atoms with Gasteiger partial charge in [0.05, 0.1) is 13.0 Å². The zero-order chi connectivity index (χ0) is 18.5. The van der Waals surface area contributed by atoms with E-state index in [0.717, 1.165) is 17.7 Å². The molecule has 136 valence electrons. The second kappa shape index (κ2) is 8.23. The fourth-order valence-electron chi connectivity index (χ4n) is 3.00. The SMILES string of the molecule is COc1ccc(NC(=O)[C@@H]2CC(=O)N(CCc3ccc(Cl)cc3)C2)cc1. The number of carbonyl (C=O) groups is 2. The maximum absolute atomic E-state index is 12.4. The highest BCUT2D eigenvalue weighted by molar-refractivity contribution is 6.30. The van der Waals surface area contributed by atoms with E-state index in [1.54, 1.807) is 36.3 Å². The van der Waals surface area contributed by atoms with Gasteiger partial charge in [-0.05, 0) is 48.4 Å². The van der Waals surface area contributed by atoms with Crippen molar-refractivity contribution < 1.29 is 14.3 Å². The summed E-state index contributed by atoms with van der Waals surface area (Å²) in [6.07, 6.45) is 0.998. The Morgan fingerprint density at radius 2 is 1.88 bits per heavy atom. The molecule has 5 nitrogen and oxygen atoms in total. The highest BCUT2D eigenvalue weighted by Gasteiger charge is 2.33. The topological polar surface area (TPSA) is 58.6 Å². The molecular formula is C20H21ClN2O3. The average Bonchev–Trinajstić information content (AvgIpc) is 3.03. The minimum Gasteiger partial charge on any atom is -0.497 e. The first-order chi connectivity index (χ1) is 12.5. The van der Waals surface area contributed by atoms with E-state index in [1.807, 2.05) is 24.3 Å². The van der Waals surface area contributed by atoms with Gasteiger partial charge in [-0.1, -0.05) is 23.7 Å². The van der Waals surface area contributed by atoms with E-state index in [2.05, 4.69) is 5.32 Å². The lowest BCUT2D eigenvalue weighted by molar-refractivity contribution is -0.128. The molecule has 26 heavy (non-hydrogen) atoms. The van der Waals surface area contributed by atoms with Crippen molar-refractivity contribution in [3.05, 3.63) is 59.1 Å². The van der Waals surface area contributed by atoms with E-state index in [4.69, 9.17) is 16.3 Å². The summed E-state index contributed by atoms with van der Waals surface area (Å²) in [4.78, 5) is 26.4. The van der Waals surface area contributed by atoms with Crippen molar-refractivity contribution in [3.8, 4) is 5.75 Å². The van der Waals surface area contributed by atoms with Crippen LogP contribution in [0.4, 0.5) is 5.69 Å². The Bertz CT molecular complexity index is 775. The molecule has 2 aromatic rings. The lowest BCUT2D eigenvalue weighted by Gasteiger charge is -2.16. The van der Waals surface area contributed by atoms with Crippen LogP contribution in [0.5, 0.6) is 5.75 Å². The van der Waals surface area contributed by atoms with Crippen molar-refractivity contribution in [1.82, 2.24) is 4.90 Å². The number of carbonyl (C=O) groups excluding carboxylic acids is 2. The molecule has 1 N–H and O–H groups in total. The van der Waals surface area contributed by atoms with Crippen LogP contribution in [0.1, 0.15) is 12.0 Å². The third kappa shape index (κ3) is 4.55. The predicted molar refractivity (Wildman–Crippen MR) is 101 cm³/mol. The van der Waals surface area contributed by atoms with Gasteiger partial charge in [0.25, 0.3) is 0 Å². The van der Waals surface area contributed by atoms with E-state index in [9.17, 15) is 9.59 Å². The third-order valence-electron chi connectivity index (χ3n) is 4.53. The van der Waals surface area contributed by atoms with Gasteiger partial charge in [0.2, 0.25) is 11.8 Å². The number of methoxy groups -OCH3 is 1. The smallest absolute Gasteiger partial charge is 0.229 e. The molecule has 0 bridgehead atoms. The molecule has 0 spiro atoms. The molecule has 0 saturated carbocycles. The molecule has 1 aliphatic rings. The average molecular weight is 373 g/mol. The first-order valence-electron chi connectivity index (χ1n) is 8.52. The number of likely N-dealkylation sites (tertiary alicyclic amines) is 1. The number of hydrogen-bond donors (Lipinski definition) is 1. The lowest BCUT2D eigenvalue weighted by Crippen LogP contribution is -2.30. The molecule has 1 fully saturated rings. The summed E-state index contributed by atoms with van der Waals surface area (Å²) < 4.78 is 5.10. The van der Waals surface area contributed by atoms with Crippen LogP contribution in [0.2, 0.25) is 5.02 Å². The number of anilines is 1. The molecule has 1 saturated heterocycles. The van der Waals surface area contributed by atoms with Gasteiger partial charge >= 0.3 is 0 Å². The van der Waals surface area contributed by atoms with Gasteiger partial charge in [0.15, 0.2) is 0 Å². The van der Waals surface area contributed by atoms with Gasteiger partial charge < -0.3 is 15.0 Å². The first-order valence-corrected chi connectivity index (χ1v) is 8.90.